The molecule has 110 valence electrons. The maximum atomic E-state index is 11.5. The van der Waals surface area contributed by atoms with Gasteiger partial charge in [-0.2, -0.15) is 0 Å². The fourth-order valence-corrected chi connectivity index (χ4v) is 2.66. The van der Waals surface area contributed by atoms with E-state index >= 15 is 0 Å². The van der Waals surface area contributed by atoms with Gasteiger partial charge in [0.05, 0.1) is 18.7 Å². The van der Waals surface area contributed by atoms with Crippen LogP contribution in [-0.4, -0.2) is 23.5 Å². The summed E-state index contributed by atoms with van der Waals surface area (Å²) in [6.07, 6.45) is 6.08. The van der Waals surface area contributed by atoms with E-state index in [0.29, 0.717) is 6.42 Å². The summed E-state index contributed by atoms with van der Waals surface area (Å²) in [6, 6.07) is 3.21. The van der Waals surface area contributed by atoms with Crippen molar-refractivity contribution in [2.75, 3.05) is 7.11 Å². The summed E-state index contributed by atoms with van der Waals surface area (Å²) in [5.41, 5.74) is 9.75. The van der Waals surface area contributed by atoms with Gasteiger partial charge < -0.3 is 15.0 Å². The van der Waals surface area contributed by atoms with Crippen LogP contribution in [-0.2, 0) is 18.3 Å². The second kappa shape index (κ2) is 5.63. The Morgan fingerprint density at radius 3 is 2.71 bits per heavy atom. The Morgan fingerprint density at radius 2 is 2.19 bits per heavy atom. The van der Waals surface area contributed by atoms with Gasteiger partial charge in [-0.05, 0) is 38.0 Å². The molecule has 2 rings (SSSR count). The Kier molecular flexibility index (Phi) is 4.06. The lowest BCUT2D eigenvalue weighted by molar-refractivity contribution is -0.118. The molecule has 1 aromatic heterocycles. The van der Waals surface area contributed by atoms with Gasteiger partial charge >= 0.3 is 0 Å². The summed E-state index contributed by atoms with van der Waals surface area (Å²) in [5, 5.41) is 0.949. The number of hydrogen-bond acceptors (Lipinski definition) is 3. The number of methoxy groups -OCH3 is 1. The Balaban J connectivity index is 2.79. The first kappa shape index (κ1) is 15.1. The Morgan fingerprint density at radius 1 is 1.52 bits per heavy atom. The zero-order chi connectivity index (χ0) is 15.7. The largest absolute Gasteiger partial charge is 0.496 e. The van der Waals surface area contributed by atoms with E-state index in [0.717, 1.165) is 33.5 Å². The number of carbonyl (C=O) groups excluding carboxylic acids is 1. The SMILES string of the molecule is C#Cc1ccc(OC)c2c(CC(N)C(C)=O)c(C)n(C)c12. The van der Waals surface area contributed by atoms with Crippen LogP contribution in [0.15, 0.2) is 12.1 Å². The molecule has 0 aliphatic heterocycles. The third-order valence-electron chi connectivity index (χ3n) is 4.04. The molecular weight excluding hydrogens is 264 g/mol. The van der Waals surface area contributed by atoms with E-state index in [4.69, 9.17) is 16.9 Å². The van der Waals surface area contributed by atoms with Crippen LogP contribution >= 0.6 is 0 Å². The molecule has 1 aromatic carbocycles. The number of nitrogens with two attached hydrogens (primary N) is 1. The summed E-state index contributed by atoms with van der Waals surface area (Å²) in [7, 11) is 3.59. The highest BCUT2D eigenvalue weighted by Gasteiger charge is 2.21. The first-order valence-corrected chi connectivity index (χ1v) is 6.79. The van der Waals surface area contributed by atoms with Gasteiger partial charge in [-0.25, -0.2) is 0 Å². The van der Waals surface area contributed by atoms with Gasteiger partial charge in [0.2, 0.25) is 0 Å². The van der Waals surface area contributed by atoms with Crippen LogP contribution in [0.3, 0.4) is 0 Å². The Labute approximate surface area is 124 Å². The predicted molar refractivity (Wildman–Crippen MR) is 84.5 cm³/mol. The summed E-state index contributed by atoms with van der Waals surface area (Å²) in [4.78, 5) is 11.5. The van der Waals surface area contributed by atoms with Crippen molar-refractivity contribution in [1.29, 1.82) is 0 Å². The monoisotopic (exact) mass is 284 g/mol. The molecule has 0 radical (unpaired) electrons. The second-order valence-electron chi connectivity index (χ2n) is 5.23. The average Bonchev–Trinajstić information content (AvgIpc) is 2.72. The molecule has 1 heterocycles. The van der Waals surface area contributed by atoms with E-state index in [1.165, 1.54) is 6.92 Å². The maximum absolute atomic E-state index is 11.5. The smallest absolute Gasteiger partial charge is 0.146 e. The number of hydrogen-bond donors (Lipinski definition) is 1. The van der Waals surface area contributed by atoms with E-state index in [1.54, 1.807) is 7.11 Å². The van der Waals surface area contributed by atoms with Crippen LogP contribution in [0.5, 0.6) is 5.75 Å². The first-order valence-electron chi connectivity index (χ1n) is 6.79. The minimum atomic E-state index is -0.520. The van der Waals surface area contributed by atoms with Crippen molar-refractivity contribution in [2.24, 2.45) is 12.8 Å². The van der Waals surface area contributed by atoms with Gasteiger partial charge in [-0.15, -0.1) is 6.42 Å². The van der Waals surface area contributed by atoms with Crippen LogP contribution in [0.4, 0.5) is 0 Å². The fourth-order valence-electron chi connectivity index (χ4n) is 2.66. The summed E-state index contributed by atoms with van der Waals surface area (Å²) < 4.78 is 7.51. The van der Waals surface area contributed by atoms with Crippen LogP contribution in [0, 0.1) is 19.3 Å². The summed E-state index contributed by atoms with van der Waals surface area (Å²) in [6.45, 7) is 3.51. The van der Waals surface area contributed by atoms with E-state index in [2.05, 4.69) is 5.92 Å². The fraction of sp³-hybridized carbons (Fsp3) is 0.353. The second-order valence-corrected chi connectivity index (χ2v) is 5.23. The minimum Gasteiger partial charge on any atom is -0.496 e. The highest BCUT2D eigenvalue weighted by molar-refractivity contribution is 5.96. The number of ether oxygens (including phenoxy) is 1. The lowest BCUT2D eigenvalue weighted by atomic mass is 9.99. The Bertz CT molecular complexity index is 750. The molecule has 2 N–H and O–H groups in total. The molecule has 0 saturated carbocycles. The van der Waals surface area contributed by atoms with Gasteiger partial charge in [0.25, 0.3) is 0 Å². The quantitative estimate of drug-likeness (QED) is 0.873. The lowest BCUT2D eigenvalue weighted by Crippen LogP contribution is -2.30. The highest BCUT2D eigenvalue weighted by Crippen LogP contribution is 2.35. The number of fused-ring (bicyclic) bond motifs is 1. The minimum absolute atomic E-state index is 0.0292. The molecule has 0 saturated heterocycles. The zero-order valence-electron chi connectivity index (χ0n) is 12.9. The van der Waals surface area contributed by atoms with E-state index in [9.17, 15) is 4.79 Å². The number of aryl methyl sites for hydroxylation is 1. The van der Waals surface area contributed by atoms with E-state index in [-0.39, 0.29) is 5.78 Å². The normalized spacial score (nSPS) is 12.2. The average molecular weight is 284 g/mol. The van der Waals surface area contributed by atoms with Crippen LogP contribution < -0.4 is 10.5 Å². The van der Waals surface area contributed by atoms with E-state index < -0.39 is 6.04 Å². The molecule has 2 aromatic rings. The number of nitrogens with zero attached hydrogens (tertiary/aromatic N) is 1. The van der Waals surface area contributed by atoms with Crippen molar-refractivity contribution in [1.82, 2.24) is 4.57 Å². The topological polar surface area (TPSA) is 57.2 Å². The number of benzene rings is 1. The van der Waals surface area contributed by atoms with Crippen LogP contribution in [0.1, 0.15) is 23.7 Å². The zero-order valence-corrected chi connectivity index (χ0v) is 12.9. The van der Waals surface area contributed by atoms with Gasteiger partial charge in [0.15, 0.2) is 0 Å². The molecular formula is C17H20N2O2. The summed E-state index contributed by atoms with van der Waals surface area (Å²) >= 11 is 0. The molecule has 1 atom stereocenters. The molecule has 21 heavy (non-hydrogen) atoms. The maximum Gasteiger partial charge on any atom is 0.146 e. The Hall–Kier alpha value is -2.25. The number of carbonyl (C=O) groups is 1. The number of ketones is 1. The van der Waals surface area contributed by atoms with Crippen molar-refractivity contribution in [3.63, 3.8) is 0 Å². The lowest BCUT2D eigenvalue weighted by Gasteiger charge is -2.10. The third-order valence-corrected chi connectivity index (χ3v) is 4.04. The van der Waals surface area contributed by atoms with Gasteiger partial charge in [0, 0.05) is 23.7 Å². The molecule has 4 nitrogen and oxygen atoms in total. The van der Waals surface area contributed by atoms with Crippen LogP contribution in [0.25, 0.3) is 10.9 Å². The number of Topliss-reactive ketones (excluding diaryl/α,β-unsaturated/α-hetero) is 1. The van der Waals surface area contributed by atoms with Crippen molar-refractivity contribution >= 4 is 16.7 Å². The number of terminal acetylenes is 1. The van der Waals surface area contributed by atoms with Crippen molar-refractivity contribution < 1.29 is 9.53 Å². The molecule has 0 aliphatic carbocycles. The van der Waals surface area contributed by atoms with E-state index in [1.807, 2.05) is 30.7 Å². The molecule has 0 spiro atoms. The van der Waals surface area contributed by atoms with Gasteiger partial charge in [-0.3, -0.25) is 4.79 Å². The molecule has 0 aliphatic rings. The van der Waals surface area contributed by atoms with Crippen molar-refractivity contribution in [2.45, 2.75) is 26.3 Å². The van der Waals surface area contributed by atoms with Gasteiger partial charge in [0.1, 0.15) is 11.5 Å². The number of aromatic nitrogens is 1. The van der Waals surface area contributed by atoms with Gasteiger partial charge in [-0.1, -0.05) is 5.92 Å². The third kappa shape index (κ3) is 2.41. The molecule has 0 fully saturated rings. The van der Waals surface area contributed by atoms with Crippen molar-refractivity contribution in [3.05, 3.63) is 29.0 Å². The van der Waals surface area contributed by atoms with Crippen LogP contribution in [0.2, 0.25) is 0 Å². The molecule has 4 heteroatoms. The molecule has 1 unspecified atom stereocenters. The highest BCUT2D eigenvalue weighted by atomic mass is 16.5. The standard InChI is InChI=1S/C17H20N2O2/c1-6-12-7-8-15(21-5)16-13(9-14(18)11(3)20)10(2)19(4)17(12)16/h1,7-8,14H,9,18H2,2-5H3. The predicted octanol–water partition coefficient (Wildman–Crippen LogP) is 1.94. The molecule has 0 bridgehead atoms. The first-order chi connectivity index (χ1) is 9.92. The van der Waals surface area contributed by atoms with Crippen molar-refractivity contribution in [3.8, 4) is 18.1 Å². The molecule has 0 amide bonds. The number of rotatable bonds is 4. The summed E-state index contributed by atoms with van der Waals surface area (Å²) in [5.74, 6) is 3.42.